The minimum absolute atomic E-state index is 0.0662. The fourth-order valence-electron chi connectivity index (χ4n) is 4.75. The van der Waals surface area contributed by atoms with Crippen molar-refractivity contribution in [2.24, 2.45) is 0 Å². The van der Waals surface area contributed by atoms with Crippen molar-refractivity contribution < 1.29 is 19.1 Å². The maximum atomic E-state index is 13.9. The second-order valence-electron chi connectivity index (χ2n) is 9.82. The van der Waals surface area contributed by atoms with Crippen molar-refractivity contribution in [3.05, 3.63) is 93.6 Å². The maximum Gasteiger partial charge on any atom is 0.258 e. The topological polar surface area (TPSA) is 74.9 Å². The summed E-state index contributed by atoms with van der Waals surface area (Å²) in [5.74, 6) is 0.556. The average Bonchev–Trinajstić information content (AvgIpc) is 3.41. The Balaban J connectivity index is 1.59. The molecule has 1 aromatic heterocycles. The molecular weight excluding hydrogens is 561 g/mol. The number of methoxy groups -OCH3 is 2. The number of carbonyl (C=O) groups is 2. The van der Waals surface area contributed by atoms with Crippen molar-refractivity contribution >= 4 is 45.9 Å². The molecule has 0 aliphatic rings. The minimum atomic E-state index is -0.266. The highest BCUT2D eigenvalue weighted by atomic mass is 35.5. The minimum Gasteiger partial charge on any atom is -0.497 e. The van der Waals surface area contributed by atoms with Gasteiger partial charge in [0.1, 0.15) is 18.0 Å². The van der Waals surface area contributed by atoms with Gasteiger partial charge in [-0.1, -0.05) is 60.8 Å². The number of H-pyrrole nitrogens is 1. The fourth-order valence-corrected chi connectivity index (χ4v) is 5.08. The van der Waals surface area contributed by atoms with Gasteiger partial charge in [0, 0.05) is 42.8 Å². The molecule has 3 aromatic carbocycles. The number of ether oxygens (including phenoxy) is 2. The molecule has 41 heavy (non-hydrogen) atoms. The summed E-state index contributed by atoms with van der Waals surface area (Å²) in [7, 11) is 3.07. The Morgan fingerprint density at radius 3 is 2.44 bits per heavy atom. The second kappa shape index (κ2) is 14.3. The number of aromatic amines is 1. The number of hydrogen-bond acceptors (Lipinski definition) is 4. The molecule has 216 valence electrons. The lowest BCUT2D eigenvalue weighted by atomic mass is 10.1. The van der Waals surface area contributed by atoms with Crippen LogP contribution in [0.2, 0.25) is 10.0 Å². The molecule has 0 radical (unpaired) electrons. The van der Waals surface area contributed by atoms with E-state index >= 15 is 0 Å². The number of aromatic nitrogens is 1. The molecule has 0 aliphatic carbocycles. The normalized spacial score (nSPS) is 11.0. The Kier molecular flexibility index (Phi) is 10.6. The van der Waals surface area contributed by atoms with Crippen LogP contribution in [-0.4, -0.2) is 60.5 Å². The number of fused-ring (bicyclic) bond motifs is 1. The van der Waals surface area contributed by atoms with E-state index in [4.69, 9.17) is 32.7 Å². The first-order valence-corrected chi connectivity index (χ1v) is 14.4. The summed E-state index contributed by atoms with van der Waals surface area (Å²) >= 11 is 12.4. The van der Waals surface area contributed by atoms with E-state index in [-0.39, 0.29) is 18.4 Å². The number of nitrogens with one attached hydrogen (secondary N) is 1. The quantitative estimate of drug-likeness (QED) is 0.180. The predicted molar refractivity (Wildman–Crippen MR) is 164 cm³/mol. The van der Waals surface area contributed by atoms with E-state index in [2.05, 4.69) is 18.0 Å². The van der Waals surface area contributed by atoms with Crippen molar-refractivity contribution in [2.75, 3.05) is 33.9 Å². The third-order valence-electron chi connectivity index (χ3n) is 7.07. The third kappa shape index (κ3) is 7.54. The average molecular weight is 597 g/mol. The van der Waals surface area contributed by atoms with Crippen LogP contribution in [0, 0.1) is 0 Å². The van der Waals surface area contributed by atoms with Gasteiger partial charge in [0.25, 0.3) is 5.91 Å². The van der Waals surface area contributed by atoms with Gasteiger partial charge in [-0.2, -0.15) is 0 Å². The fraction of sp³-hybridized carbons (Fsp3) is 0.312. The molecule has 0 fully saturated rings. The summed E-state index contributed by atoms with van der Waals surface area (Å²) in [6.45, 7) is 3.22. The van der Waals surface area contributed by atoms with Gasteiger partial charge in [-0.05, 0) is 54.3 Å². The standard InChI is InChI=1S/C32H35Cl2N3O4/c1-4-5-15-37(32(39)26-12-11-24(40-2)18-30(26)41-3)21-31(38)36(20-22-10-13-27(33)28(34)17-22)16-14-23-19-35-29-9-7-6-8-25(23)29/h6-13,17-19,35H,4-5,14-16,20-21H2,1-3H3. The van der Waals surface area contributed by atoms with Crippen LogP contribution in [0.3, 0.4) is 0 Å². The Labute approximate surface area is 250 Å². The molecular formula is C32H35Cl2N3O4. The van der Waals surface area contributed by atoms with E-state index < -0.39 is 0 Å². The molecule has 0 atom stereocenters. The van der Waals surface area contributed by atoms with Crippen molar-refractivity contribution in [2.45, 2.75) is 32.7 Å². The van der Waals surface area contributed by atoms with Crippen LogP contribution >= 0.6 is 23.2 Å². The highest BCUT2D eigenvalue weighted by molar-refractivity contribution is 6.42. The summed E-state index contributed by atoms with van der Waals surface area (Å²) in [5.41, 5.74) is 3.41. The lowest BCUT2D eigenvalue weighted by molar-refractivity contribution is -0.132. The zero-order valence-corrected chi connectivity index (χ0v) is 25.1. The van der Waals surface area contributed by atoms with Crippen LogP contribution in [0.1, 0.15) is 41.3 Å². The van der Waals surface area contributed by atoms with E-state index in [1.54, 1.807) is 47.2 Å². The maximum absolute atomic E-state index is 13.9. The van der Waals surface area contributed by atoms with E-state index in [1.165, 1.54) is 7.11 Å². The molecule has 0 spiro atoms. The lowest BCUT2D eigenvalue weighted by Gasteiger charge is -2.28. The number of nitrogens with zero attached hydrogens (tertiary/aromatic N) is 2. The molecule has 0 saturated carbocycles. The molecule has 4 rings (SSSR count). The summed E-state index contributed by atoms with van der Waals surface area (Å²) in [6.07, 6.45) is 4.27. The number of hydrogen-bond donors (Lipinski definition) is 1. The van der Waals surface area contributed by atoms with Gasteiger partial charge >= 0.3 is 0 Å². The molecule has 0 saturated heterocycles. The SMILES string of the molecule is CCCCN(CC(=O)N(CCc1c[nH]c2ccccc12)Cc1ccc(Cl)c(Cl)c1)C(=O)c1ccc(OC)cc1OC. The highest BCUT2D eigenvalue weighted by Gasteiger charge is 2.25. The van der Waals surface area contributed by atoms with Crippen LogP contribution in [0.15, 0.2) is 66.9 Å². The van der Waals surface area contributed by atoms with E-state index in [9.17, 15) is 9.59 Å². The molecule has 7 nitrogen and oxygen atoms in total. The van der Waals surface area contributed by atoms with E-state index in [0.29, 0.717) is 53.2 Å². The number of amides is 2. The summed E-state index contributed by atoms with van der Waals surface area (Å²) in [4.78, 5) is 34.3. The zero-order valence-electron chi connectivity index (χ0n) is 23.6. The van der Waals surface area contributed by atoms with Gasteiger partial charge < -0.3 is 24.3 Å². The van der Waals surface area contributed by atoms with Crippen LogP contribution in [-0.2, 0) is 17.8 Å². The number of carbonyl (C=O) groups excluding carboxylic acids is 2. The largest absolute Gasteiger partial charge is 0.497 e. The van der Waals surface area contributed by atoms with Gasteiger partial charge in [-0.25, -0.2) is 0 Å². The first-order valence-electron chi connectivity index (χ1n) is 13.6. The highest BCUT2D eigenvalue weighted by Crippen LogP contribution is 2.27. The van der Waals surface area contributed by atoms with E-state index in [1.807, 2.05) is 30.5 Å². The van der Waals surface area contributed by atoms with Crippen LogP contribution < -0.4 is 9.47 Å². The zero-order chi connectivity index (χ0) is 29.4. The van der Waals surface area contributed by atoms with Crippen molar-refractivity contribution in [1.29, 1.82) is 0 Å². The molecule has 9 heteroatoms. The Hall–Kier alpha value is -3.68. The molecule has 0 unspecified atom stereocenters. The van der Waals surface area contributed by atoms with Crippen LogP contribution in [0.4, 0.5) is 0 Å². The van der Waals surface area contributed by atoms with Crippen LogP contribution in [0.25, 0.3) is 10.9 Å². The Bertz CT molecular complexity index is 1500. The number of unbranched alkanes of at least 4 members (excludes halogenated alkanes) is 1. The molecule has 1 heterocycles. The molecule has 1 N–H and O–H groups in total. The molecule has 4 aromatic rings. The lowest BCUT2D eigenvalue weighted by Crippen LogP contribution is -2.43. The number of benzene rings is 3. The third-order valence-corrected chi connectivity index (χ3v) is 7.81. The first kappa shape index (κ1) is 30.3. The monoisotopic (exact) mass is 595 g/mol. The van der Waals surface area contributed by atoms with Gasteiger partial charge in [0.15, 0.2) is 0 Å². The molecule has 0 bridgehead atoms. The van der Waals surface area contributed by atoms with Crippen molar-refractivity contribution in [3.8, 4) is 11.5 Å². The Morgan fingerprint density at radius 1 is 0.902 bits per heavy atom. The van der Waals surface area contributed by atoms with Crippen molar-refractivity contribution in [3.63, 3.8) is 0 Å². The Morgan fingerprint density at radius 2 is 1.71 bits per heavy atom. The molecule has 2 amide bonds. The van der Waals surface area contributed by atoms with Crippen molar-refractivity contribution in [1.82, 2.24) is 14.8 Å². The summed E-state index contributed by atoms with van der Waals surface area (Å²) < 4.78 is 10.8. The molecule has 0 aliphatic heterocycles. The number of para-hydroxylation sites is 1. The van der Waals surface area contributed by atoms with Gasteiger partial charge in [-0.15, -0.1) is 0 Å². The van der Waals surface area contributed by atoms with Gasteiger partial charge in [-0.3, -0.25) is 9.59 Å². The smallest absolute Gasteiger partial charge is 0.258 e. The number of halogens is 2. The second-order valence-corrected chi connectivity index (χ2v) is 10.6. The van der Waals surface area contributed by atoms with Gasteiger partial charge in [0.2, 0.25) is 5.91 Å². The number of rotatable bonds is 13. The predicted octanol–water partition coefficient (Wildman–Crippen LogP) is 7.01. The summed E-state index contributed by atoms with van der Waals surface area (Å²) in [6, 6.07) is 18.5. The first-order chi connectivity index (χ1) is 19.8. The van der Waals surface area contributed by atoms with Crippen LogP contribution in [0.5, 0.6) is 11.5 Å². The van der Waals surface area contributed by atoms with Gasteiger partial charge in [0.05, 0.1) is 29.8 Å². The summed E-state index contributed by atoms with van der Waals surface area (Å²) in [5, 5.41) is 2.01. The van der Waals surface area contributed by atoms with E-state index in [0.717, 1.165) is 34.9 Å².